The van der Waals surface area contributed by atoms with Crippen molar-refractivity contribution in [2.24, 2.45) is 0 Å². The summed E-state index contributed by atoms with van der Waals surface area (Å²) in [6.07, 6.45) is 5.80. The van der Waals surface area contributed by atoms with Gasteiger partial charge in [0.15, 0.2) is 0 Å². The Labute approximate surface area is 77.5 Å². The summed E-state index contributed by atoms with van der Waals surface area (Å²) in [6, 6.07) is 0. The number of quaternary nitrogens is 1. The number of carbonyl (C=O) groups is 1. The second-order valence-electron chi connectivity index (χ2n) is 3.59. The van der Waals surface area contributed by atoms with Crippen LogP contribution in [0.1, 0.15) is 19.8 Å². The molecule has 0 saturated carbocycles. The number of nitrogens with zero attached hydrogens (tertiary/aromatic N) is 1. The number of allylic oxidation sites excluding steroid dienone is 2. The van der Waals surface area contributed by atoms with Crippen LogP contribution in [-0.4, -0.2) is 23.6 Å². The van der Waals surface area contributed by atoms with Crippen molar-refractivity contribution in [1.29, 1.82) is 0 Å². The van der Waals surface area contributed by atoms with Crippen molar-refractivity contribution in [2.45, 2.75) is 19.8 Å². The van der Waals surface area contributed by atoms with Gasteiger partial charge in [0, 0.05) is 5.57 Å². The Morgan fingerprint density at radius 2 is 2.15 bits per heavy atom. The van der Waals surface area contributed by atoms with Crippen LogP contribution in [0.4, 0.5) is 0 Å². The second kappa shape index (κ2) is 2.79. The van der Waals surface area contributed by atoms with E-state index in [1.165, 1.54) is 0 Å². The summed E-state index contributed by atoms with van der Waals surface area (Å²) in [5.74, 6) is -0.242. The Morgan fingerprint density at radius 3 is 2.77 bits per heavy atom. The van der Waals surface area contributed by atoms with E-state index >= 15 is 0 Å². The fourth-order valence-electron chi connectivity index (χ4n) is 1.92. The van der Waals surface area contributed by atoms with Gasteiger partial charge in [0.2, 0.25) is 0 Å². The molecular formula is C10H13NO2. The van der Waals surface area contributed by atoms with Gasteiger partial charge in [-0.2, -0.15) is 0 Å². The fourth-order valence-corrected chi connectivity index (χ4v) is 1.92. The van der Waals surface area contributed by atoms with Crippen molar-refractivity contribution >= 4 is 5.91 Å². The molecule has 3 nitrogen and oxygen atoms in total. The minimum atomic E-state index is -0.683. The summed E-state index contributed by atoms with van der Waals surface area (Å²) in [5.41, 5.74) is 1.65. The van der Waals surface area contributed by atoms with Crippen molar-refractivity contribution in [3.63, 3.8) is 0 Å². The molecule has 0 aromatic heterocycles. The van der Waals surface area contributed by atoms with Gasteiger partial charge in [-0.25, -0.2) is 4.79 Å². The molecule has 1 amide bonds. The summed E-state index contributed by atoms with van der Waals surface area (Å²) in [4.78, 5) is 11.6. The first kappa shape index (κ1) is 8.66. The van der Waals surface area contributed by atoms with E-state index in [1.54, 1.807) is 6.92 Å². The molecule has 13 heavy (non-hydrogen) atoms. The summed E-state index contributed by atoms with van der Waals surface area (Å²) in [6.45, 7) is 2.46. The van der Waals surface area contributed by atoms with E-state index in [1.807, 2.05) is 12.2 Å². The molecule has 1 atom stereocenters. The standard InChI is InChI=1S/C10H13NO2/c1-2-11(13)7-8-5-3-4-6-9(8)10(11)12/h5-6H,2-4,7H2,1H3. The van der Waals surface area contributed by atoms with Crippen molar-refractivity contribution in [1.82, 2.24) is 0 Å². The van der Waals surface area contributed by atoms with E-state index in [2.05, 4.69) is 0 Å². The highest BCUT2D eigenvalue weighted by Crippen LogP contribution is 2.32. The molecular weight excluding hydrogens is 166 g/mol. The van der Waals surface area contributed by atoms with Crippen LogP contribution in [0.25, 0.3) is 0 Å². The van der Waals surface area contributed by atoms with E-state index in [-0.39, 0.29) is 5.91 Å². The molecule has 1 aliphatic carbocycles. The molecule has 0 bridgehead atoms. The number of fused-ring (bicyclic) bond motifs is 1. The molecule has 70 valence electrons. The molecule has 0 radical (unpaired) electrons. The predicted octanol–water partition coefficient (Wildman–Crippen LogP) is 1.51. The SMILES string of the molecule is CC[N+]1([O-])CC2=CCCC=C2C1=O. The van der Waals surface area contributed by atoms with Crippen LogP contribution in [-0.2, 0) is 4.79 Å². The zero-order valence-corrected chi connectivity index (χ0v) is 7.75. The van der Waals surface area contributed by atoms with E-state index < -0.39 is 4.65 Å². The van der Waals surface area contributed by atoms with E-state index in [0.717, 1.165) is 18.4 Å². The zero-order chi connectivity index (χ0) is 9.47. The van der Waals surface area contributed by atoms with Gasteiger partial charge in [0.05, 0.1) is 12.1 Å². The maximum Gasteiger partial charge on any atom is 0.346 e. The first-order valence-electron chi connectivity index (χ1n) is 4.70. The van der Waals surface area contributed by atoms with Gasteiger partial charge in [-0.15, -0.1) is 0 Å². The summed E-state index contributed by atoms with van der Waals surface area (Å²) in [7, 11) is 0. The van der Waals surface area contributed by atoms with Crippen molar-refractivity contribution in [3.8, 4) is 0 Å². The molecule has 0 aromatic rings. The highest BCUT2D eigenvalue weighted by Gasteiger charge is 2.40. The number of hydroxylamine groups is 3. The van der Waals surface area contributed by atoms with Gasteiger partial charge in [0.1, 0.15) is 6.54 Å². The molecule has 0 N–H and O–H groups in total. The number of likely N-dealkylation sites (N-methyl/N-ethyl adjacent to an activating group) is 1. The van der Waals surface area contributed by atoms with Crippen LogP contribution in [0.3, 0.4) is 0 Å². The predicted molar refractivity (Wildman–Crippen MR) is 49.4 cm³/mol. The normalized spacial score (nSPS) is 32.6. The minimum Gasteiger partial charge on any atom is -0.625 e. The quantitative estimate of drug-likeness (QED) is 0.452. The van der Waals surface area contributed by atoms with Crippen LogP contribution in [0.2, 0.25) is 0 Å². The Balaban J connectivity index is 2.40. The molecule has 2 aliphatic rings. The first-order chi connectivity index (χ1) is 6.17. The van der Waals surface area contributed by atoms with Crippen molar-refractivity contribution in [2.75, 3.05) is 13.1 Å². The molecule has 1 unspecified atom stereocenters. The van der Waals surface area contributed by atoms with Gasteiger partial charge >= 0.3 is 5.91 Å². The number of likely N-dealkylation sites (tertiary alicyclic amines) is 1. The Morgan fingerprint density at radius 1 is 1.46 bits per heavy atom. The average Bonchev–Trinajstić information content (AvgIpc) is 2.41. The molecule has 0 spiro atoms. The Kier molecular flexibility index (Phi) is 1.86. The Hall–Kier alpha value is -0.930. The van der Waals surface area contributed by atoms with Crippen LogP contribution in [0, 0.1) is 5.21 Å². The van der Waals surface area contributed by atoms with E-state index in [4.69, 9.17) is 0 Å². The topological polar surface area (TPSA) is 40.1 Å². The fraction of sp³-hybridized carbons (Fsp3) is 0.500. The third kappa shape index (κ3) is 1.16. The molecule has 0 aromatic carbocycles. The highest BCUT2D eigenvalue weighted by molar-refractivity contribution is 5.96. The Bertz CT molecular complexity index is 317. The minimum absolute atomic E-state index is 0.242. The van der Waals surface area contributed by atoms with Crippen LogP contribution in [0.5, 0.6) is 0 Å². The molecule has 1 saturated heterocycles. The molecule has 3 heteroatoms. The van der Waals surface area contributed by atoms with Crippen LogP contribution >= 0.6 is 0 Å². The second-order valence-corrected chi connectivity index (χ2v) is 3.59. The number of rotatable bonds is 1. The van der Waals surface area contributed by atoms with Crippen molar-refractivity contribution < 1.29 is 9.44 Å². The number of carbonyl (C=O) groups excluding carboxylic acids is 1. The highest BCUT2D eigenvalue weighted by atomic mass is 16.6. The first-order valence-corrected chi connectivity index (χ1v) is 4.70. The van der Waals surface area contributed by atoms with Crippen LogP contribution < -0.4 is 0 Å². The number of amides is 1. The average molecular weight is 179 g/mol. The van der Waals surface area contributed by atoms with Gasteiger partial charge in [-0.3, -0.25) is 4.65 Å². The molecule has 2 rings (SSSR count). The van der Waals surface area contributed by atoms with Gasteiger partial charge in [0.25, 0.3) is 0 Å². The lowest BCUT2D eigenvalue weighted by molar-refractivity contribution is -0.789. The van der Waals surface area contributed by atoms with E-state index in [9.17, 15) is 10.0 Å². The number of hydrogen-bond donors (Lipinski definition) is 0. The smallest absolute Gasteiger partial charge is 0.346 e. The lowest BCUT2D eigenvalue weighted by Crippen LogP contribution is -2.43. The molecule has 1 aliphatic heterocycles. The molecule has 1 heterocycles. The third-order valence-corrected chi connectivity index (χ3v) is 2.79. The largest absolute Gasteiger partial charge is 0.625 e. The summed E-state index contributed by atoms with van der Waals surface area (Å²) >= 11 is 0. The van der Waals surface area contributed by atoms with Gasteiger partial charge in [-0.1, -0.05) is 12.2 Å². The van der Waals surface area contributed by atoms with E-state index in [0.29, 0.717) is 18.7 Å². The zero-order valence-electron chi connectivity index (χ0n) is 7.75. The lowest BCUT2D eigenvalue weighted by Gasteiger charge is -2.33. The summed E-state index contributed by atoms with van der Waals surface area (Å²) in [5, 5.41) is 11.9. The maximum atomic E-state index is 11.9. The lowest BCUT2D eigenvalue weighted by atomic mass is 10.0. The third-order valence-electron chi connectivity index (χ3n) is 2.79. The summed E-state index contributed by atoms with van der Waals surface area (Å²) < 4.78 is -0.683. The monoisotopic (exact) mass is 179 g/mol. The van der Waals surface area contributed by atoms with Crippen LogP contribution in [0.15, 0.2) is 23.3 Å². The maximum absolute atomic E-state index is 11.9. The van der Waals surface area contributed by atoms with Gasteiger partial charge in [-0.05, 0) is 19.8 Å². The van der Waals surface area contributed by atoms with Gasteiger partial charge < -0.3 is 5.21 Å². The van der Waals surface area contributed by atoms with Crippen molar-refractivity contribution in [3.05, 3.63) is 28.5 Å². The number of hydrogen-bond acceptors (Lipinski definition) is 2. The molecule has 1 fully saturated rings.